The number of sulfonamides is 1. The Kier molecular flexibility index (Phi) is 5.34. The van der Waals surface area contributed by atoms with E-state index in [2.05, 4.69) is 0 Å². The van der Waals surface area contributed by atoms with Gasteiger partial charge in [0.15, 0.2) is 11.5 Å². The molecule has 5 nitrogen and oxygen atoms in total. The van der Waals surface area contributed by atoms with Crippen molar-refractivity contribution in [2.75, 3.05) is 17.5 Å². The van der Waals surface area contributed by atoms with Gasteiger partial charge in [0.25, 0.3) is 10.0 Å². The highest BCUT2D eigenvalue weighted by atomic mass is 35.5. The second-order valence-electron chi connectivity index (χ2n) is 6.36. The number of hydrogen-bond donors (Lipinski definition) is 0. The Morgan fingerprint density at radius 2 is 1.62 bits per heavy atom. The van der Waals surface area contributed by atoms with Gasteiger partial charge in [-0.05, 0) is 35.9 Å². The summed E-state index contributed by atoms with van der Waals surface area (Å²) >= 11 is 6.23. The molecule has 0 N–H and O–H groups in total. The second-order valence-corrected chi connectivity index (χ2v) is 8.63. The van der Waals surface area contributed by atoms with E-state index in [9.17, 15) is 12.8 Å². The minimum atomic E-state index is -4.13. The molecular formula is C21H17ClFNO4S. The molecule has 3 aromatic carbocycles. The quantitative estimate of drug-likeness (QED) is 0.588. The summed E-state index contributed by atoms with van der Waals surface area (Å²) in [5.41, 5.74) is 0.487. The van der Waals surface area contributed by atoms with Crippen molar-refractivity contribution in [1.82, 2.24) is 0 Å². The fourth-order valence-electron chi connectivity index (χ4n) is 3.05. The lowest BCUT2D eigenvalue weighted by Crippen LogP contribution is -2.31. The molecule has 1 aliphatic rings. The standard InChI is InChI=1S/C21H17ClFNO4S/c22-17-6-2-1-5-15(17)14-24(19-8-4-3-7-18(19)23)29(25,26)16-9-10-20-21(13-16)28-12-11-27-20/h1-10,13H,11-12,14H2. The maximum atomic E-state index is 14.6. The average Bonchev–Trinajstić information content (AvgIpc) is 2.73. The SMILES string of the molecule is O=S(=O)(c1ccc2c(c1)OCCO2)N(Cc1ccccc1Cl)c1ccccc1F. The number of nitrogens with zero attached hydrogens (tertiary/aromatic N) is 1. The van der Waals surface area contributed by atoms with E-state index < -0.39 is 15.8 Å². The number of rotatable bonds is 5. The molecule has 0 spiro atoms. The second kappa shape index (κ2) is 7.93. The third-order valence-electron chi connectivity index (χ3n) is 4.49. The first-order valence-electron chi connectivity index (χ1n) is 8.87. The zero-order valence-corrected chi connectivity index (χ0v) is 16.8. The number of para-hydroxylation sites is 1. The Balaban J connectivity index is 1.81. The molecule has 0 aromatic heterocycles. The zero-order valence-electron chi connectivity index (χ0n) is 15.2. The number of hydrogen-bond acceptors (Lipinski definition) is 4. The Bertz CT molecular complexity index is 1150. The molecule has 1 aliphatic heterocycles. The molecule has 0 saturated carbocycles. The van der Waals surface area contributed by atoms with Crippen LogP contribution in [0.15, 0.2) is 71.6 Å². The number of benzene rings is 3. The molecule has 0 saturated heterocycles. The number of ether oxygens (including phenoxy) is 2. The van der Waals surface area contributed by atoms with Crippen molar-refractivity contribution in [2.24, 2.45) is 0 Å². The van der Waals surface area contributed by atoms with Crippen molar-refractivity contribution in [2.45, 2.75) is 11.4 Å². The molecule has 29 heavy (non-hydrogen) atoms. The lowest BCUT2D eigenvalue weighted by Gasteiger charge is -2.26. The molecule has 0 aliphatic carbocycles. The minimum Gasteiger partial charge on any atom is -0.486 e. The molecule has 150 valence electrons. The Labute approximate surface area is 173 Å². The molecule has 0 bridgehead atoms. The fourth-order valence-corrected chi connectivity index (χ4v) is 4.71. The number of anilines is 1. The van der Waals surface area contributed by atoms with E-state index in [0.29, 0.717) is 35.3 Å². The van der Waals surface area contributed by atoms with Crippen molar-refractivity contribution < 1.29 is 22.3 Å². The number of halogens is 2. The van der Waals surface area contributed by atoms with E-state index in [1.165, 1.54) is 36.4 Å². The van der Waals surface area contributed by atoms with E-state index in [-0.39, 0.29) is 17.1 Å². The van der Waals surface area contributed by atoms with Crippen LogP contribution in [0.1, 0.15) is 5.56 Å². The Hall–Kier alpha value is -2.77. The summed E-state index contributed by atoms with van der Waals surface area (Å²) in [4.78, 5) is -0.0305. The van der Waals surface area contributed by atoms with E-state index in [1.54, 1.807) is 30.3 Å². The third kappa shape index (κ3) is 3.88. The van der Waals surface area contributed by atoms with Crippen LogP contribution in [0.3, 0.4) is 0 Å². The summed E-state index contributed by atoms with van der Waals surface area (Å²) in [6, 6.07) is 16.9. The molecule has 1 heterocycles. The zero-order chi connectivity index (χ0) is 20.4. The normalized spacial score (nSPS) is 13.2. The van der Waals surface area contributed by atoms with Crippen molar-refractivity contribution in [3.8, 4) is 11.5 Å². The molecule has 4 rings (SSSR count). The molecule has 0 fully saturated rings. The first-order chi connectivity index (χ1) is 14.0. The van der Waals surface area contributed by atoms with Crippen molar-refractivity contribution in [3.63, 3.8) is 0 Å². The van der Waals surface area contributed by atoms with Gasteiger partial charge in [-0.15, -0.1) is 0 Å². The third-order valence-corrected chi connectivity index (χ3v) is 6.62. The van der Waals surface area contributed by atoms with Gasteiger partial charge in [-0.25, -0.2) is 12.8 Å². The van der Waals surface area contributed by atoms with Crippen LogP contribution in [0.4, 0.5) is 10.1 Å². The minimum absolute atomic E-state index is 0.0305. The van der Waals surface area contributed by atoms with Crippen LogP contribution in [-0.2, 0) is 16.6 Å². The van der Waals surface area contributed by atoms with Gasteiger partial charge in [0.1, 0.15) is 19.0 Å². The molecule has 0 unspecified atom stereocenters. The molecule has 8 heteroatoms. The molecule has 3 aromatic rings. The van der Waals surface area contributed by atoms with Crippen LogP contribution in [0.25, 0.3) is 0 Å². The Morgan fingerprint density at radius 3 is 2.38 bits per heavy atom. The van der Waals surface area contributed by atoms with Crippen molar-refractivity contribution >= 4 is 27.3 Å². The van der Waals surface area contributed by atoms with Gasteiger partial charge in [-0.2, -0.15) is 0 Å². The van der Waals surface area contributed by atoms with Crippen LogP contribution < -0.4 is 13.8 Å². The molecule has 0 atom stereocenters. The van der Waals surface area contributed by atoms with Crippen LogP contribution in [0, 0.1) is 5.82 Å². The maximum Gasteiger partial charge on any atom is 0.264 e. The average molecular weight is 434 g/mol. The molecule has 0 radical (unpaired) electrons. The monoisotopic (exact) mass is 433 g/mol. The van der Waals surface area contributed by atoms with Crippen LogP contribution in [0.5, 0.6) is 11.5 Å². The summed E-state index contributed by atoms with van der Waals surface area (Å²) in [7, 11) is -4.13. The van der Waals surface area contributed by atoms with Crippen molar-refractivity contribution in [1.29, 1.82) is 0 Å². The largest absolute Gasteiger partial charge is 0.486 e. The molecule has 0 amide bonds. The highest BCUT2D eigenvalue weighted by molar-refractivity contribution is 7.92. The topological polar surface area (TPSA) is 55.8 Å². The van der Waals surface area contributed by atoms with E-state index in [4.69, 9.17) is 21.1 Å². The fraction of sp³-hybridized carbons (Fsp3) is 0.143. The summed E-state index contributed by atoms with van der Waals surface area (Å²) in [6.45, 7) is 0.595. The van der Waals surface area contributed by atoms with Crippen molar-refractivity contribution in [3.05, 3.63) is 83.1 Å². The number of fused-ring (bicyclic) bond motifs is 1. The predicted octanol–water partition coefficient (Wildman–Crippen LogP) is 4.65. The van der Waals surface area contributed by atoms with Crippen LogP contribution in [-0.4, -0.2) is 21.6 Å². The summed E-state index contributed by atoms with van der Waals surface area (Å²) in [5, 5.41) is 0.395. The van der Waals surface area contributed by atoms with Crippen LogP contribution in [0.2, 0.25) is 5.02 Å². The van der Waals surface area contributed by atoms with E-state index in [0.717, 1.165) is 4.31 Å². The lowest BCUT2D eigenvalue weighted by atomic mass is 10.2. The van der Waals surface area contributed by atoms with E-state index in [1.807, 2.05) is 0 Å². The molecular weight excluding hydrogens is 417 g/mol. The predicted molar refractivity (Wildman–Crippen MR) is 109 cm³/mol. The highest BCUT2D eigenvalue weighted by Gasteiger charge is 2.29. The van der Waals surface area contributed by atoms with Crippen LogP contribution >= 0.6 is 11.6 Å². The van der Waals surface area contributed by atoms with Gasteiger partial charge in [0.05, 0.1) is 17.1 Å². The smallest absolute Gasteiger partial charge is 0.264 e. The summed E-state index contributed by atoms with van der Waals surface area (Å²) in [5.74, 6) is 0.156. The van der Waals surface area contributed by atoms with Gasteiger partial charge in [0, 0.05) is 11.1 Å². The van der Waals surface area contributed by atoms with Gasteiger partial charge in [-0.1, -0.05) is 41.9 Å². The summed E-state index contributed by atoms with van der Waals surface area (Å²) in [6.07, 6.45) is 0. The van der Waals surface area contributed by atoms with Gasteiger partial charge in [-0.3, -0.25) is 4.31 Å². The van der Waals surface area contributed by atoms with Gasteiger partial charge in [0.2, 0.25) is 0 Å². The summed E-state index contributed by atoms with van der Waals surface area (Å²) < 4.78 is 53.6. The lowest BCUT2D eigenvalue weighted by molar-refractivity contribution is 0.171. The van der Waals surface area contributed by atoms with E-state index >= 15 is 0 Å². The van der Waals surface area contributed by atoms with Gasteiger partial charge < -0.3 is 9.47 Å². The maximum absolute atomic E-state index is 14.6. The first-order valence-corrected chi connectivity index (χ1v) is 10.7. The van der Waals surface area contributed by atoms with Gasteiger partial charge >= 0.3 is 0 Å². The Morgan fingerprint density at radius 1 is 0.931 bits per heavy atom. The first kappa shape index (κ1) is 19.5. The highest BCUT2D eigenvalue weighted by Crippen LogP contribution is 2.35.